The van der Waals surface area contributed by atoms with Gasteiger partial charge in [0, 0.05) is 17.5 Å². The second-order valence-electron chi connectivity index (χ2n) is 9.36. The number of nitrogens with one attached hydrogen (secondary N) is 3. The number of hydrogen-bond donors (Lipinski definition) is 3. The maximum absolute atomic E-state index is 14.0. The first-order valence-corrected chi connectivity index (χ1v) is 12.5. The van der Waals surface area contributed by atoms with E-state index in [9.17, 15) is 23.6 Å². The second-order valence-corrected chi connectivity index (χ2v) is 9.36. The van der Waals surface area contributed by atoms with Gasteiger partial charge in [0.05, 0.1) is 17.4 Å². The number of hydrogen-bond acceptors (Lipinski definition) is 5. The number of halogens is 1. The normalized spacial score (nSPS) is 14.7. The molecule has 1 saturated carbocycles. The smallest absolute Gasteiger partial charge is 0.326 e. The number of amides is 2. The van der Waals surface area contributed by atoms with Crippen LogP contribution in [0.15, 0.2) is 76.4 Å². The van der Waals surface area contributed by atoms with E-state index in [1.807, 2.05) is 29.2 Å². The third kappa shape index (κ3) is 5.39. The fraction of sp³-hybridized carbons (Fsp3) is 0.250. The molecule has 4 aromatic rings. The van der Waals surface area contributed by atoms with Crippen molar-refractivity contribution in [3.63, 3.8) is 0 Å². The van der Waals surface area contributed by atoms with Gasteiger partial charge in [-0.3, -0.25) is 29.3 Å². The maximum atomic E-state index is 14.0. The molecule has 0 bridgehead atoms. The number of fused-ring (bicyclic) bond motifs is 1. The summed E-state index contributed by atoms with van der Waals surface area (Å²) in [4.78, 5) is 62.0. The van der Waals surface area contributed by atoms with Crippen LogP contribution < -0.4 is 21.5 Å². The zero-order valence-corrected chi connectivity index (χ0v) is 20.4. The van der Waals surface area contributed by atoms with Gasteiger partial charge in [-0.05, 0) is 42.7 Å². The van der Waals surface area contributed by atoms with Crippen molar-refractivity contribution in [2.24, 2.45) is 0 Å². The number of rotatable bonds is 6. The lowest BCUT2D eigenvalue weighted by Crippen LogP contribution is -2.48. The number of aromatic amines is 2. The topological polar surface area (TPSA) is 128 Å². The number of aromatic nitrogens is 3. The SMILES string of the molecule is O=C(NC1CCCCC1)C(c1ccc(F)cc1)N(C(=O)c1cc(=O)[nH]c(=O)[nH]1)c1cnc2ccccc2c1. The van der Waals surface area contributed by atoms with Gasteiger partial charge < -0.3 is 10.3 Å². The number of benzene rings is 2. The molecule has 9 nitrogen and oxygen atoms in total. The molecule has 0 saturated heterocycles. The van der Waals surface area contributed by atoms with Crippen LogP contribution in [0.4, 0.5) is 10.1 Å². The molecule has 0 radical (unpaired) electrons. The van der Waals surface area contributed by atoms with Crippen LogP contribution in [0.1, 0.15) is 54.2 Å². The summed E-state index contributed by atoms with van der Waals surface area (Å²) in [5.41, 5.74) is -0.625. The number of carbonyl (C=O) groups excluding carboxylic acids is 2. The predicted molar refractivity (Wildman–Crippen MR) is 140 cm³/mol. The van der Waals surface area contributed by atoms with Crippen molar-refractivity contribution in [2.45, 2.75) is 44.2 Å². The summed E-state index contributed by atoms with van der Waals surface area (Å²) in [5, 5.41) is 3.78. The first kappa shape index (κ1) is 25.1. The number of para-hydroxylation sites is 1. The molecule has 38 heavy (non-hydrogen) atoms. The molecule has 1 unspecified atom stereocenters. The Bertz CT molecular complexity index is 1560. The van der Waals surface area contributed by atoms with Crippen LogP contribution in [0.2, 0.25) is 0 Å². The third-order valence-electron chi connectivity index (χ3n) is 6.71. The molecule has 194 valence electrons. The van der Waals surface area contributed by atoms with Crippen LogP contribution in [0.3, 0.4) is 0 Å². The number of anilines is 1. The molecule has 2 amide bonds. The predicted octanol–water partition coefficient (Wildman–Crippen LogP) is 3.59. The Morgan fingerprint density at radius 3 is 2.45 bits per heavy atom. The van der Waals surface area contributed by atoms with Crippen LogP contribution in [-0.4, -0.2) is 32.8 Å². The second kappa shape index (κ2) is 10.8. The van der Waals surface area contributed by atoms with Gasteiger partial charge in [0.2, 0.25) is 5.91 Å². The van der Waals surface area contributed by atoms with E-state index >= 15 is 0 Å². The molecule has 2 aromatic heterocycles. The van der Waals surface area contributed by atoms with Crippen molar-refractivity contribution >= 4 is 28.4 Å². The van der Waals surface area contributed by atoms with E-state index in [1.165, 1.54) is 35.4 Å². The molecule has 1 atom stereocenters. The highest BCUT2D eigenvalue weighted by atomic mass is 19.1. The van der Waals surface area contributed by atoms with Crippen molar-refractivity contribution < 1.29 is 14.0 Å². The van der Waals surface area contributed by atoms with E-state index < -0.39 is 34.9 Å². The molecule has 5 rings (SSSR count). The third-order valence-corrected chi connectivity index (χ3v) is 6.71. The standard InChI is InChI=1S/C28H26FN5O4/c29-19-12-10-17(11-13-19)25(26(36)31-20-7-2-1-3-8-20)34(27(37)23-15-24(35)33-28(38)32-23)21-14-18-6-4-5-9-22(18)30-16-21/h4-6,9-16,20,25H,1-3,7-8H2,(H,31,36)(H2,32,33,35,38). The first-order chi connectivity index (χ1) is 18.4. The van der Waals surface area contributed by atoms with Gasteiger partial charge in [0.1, 0.15) is 17.6 Å². The van der Waals surface area contributed by atoms with Crippen LogP contribution in [-0.2, 0) is 4.79 Å². The zero-order valence-electron chi connectivity index (χ0n) is 20.4. The lowest BCUT2D eigenvalue weighted by atomic mass is 9.94. The molecular formula is C28H26FN5O4. The highest BCUT2D eigenvalue weighted by Crippen LogP contribution is 2.31. The minimum absolute atomic E-state index is 0.0646. The van der Waals surface area contributed by atoms with Crippen LogP contribution in [0.5, 0.6) is 0 Å². The molecule has 10 heteroatoms. The number of H-pyrrole nitrogens is 2. The summed E-state index contributed by atoms with van der Waals surface area (Å²) in [6.07, 6.45) is 6.14. The van der Waals surface area contributed by atoms with E-state index in [1.54, 1.807) is 6.07 Å². The summed E-state index contributed by atoms with van der Waals surface area (Å²) >= 11 is 0. The van der Waals surface area contributed by atoms with Crippen molar-refractivity contribution in [2.75, 3.05) is 4.90 Å². The largest absolute Gasteiger partial charge is 0.351 e. The average molecular weight is 516 g/mol. The highest BCUT2D eigenvalue weighted by molar-refractivity contribution is 6.09. The summed E-state index contributed by atoms with van der Waals surface area (Å²) in [7, 11) is 0. The Labute approximate surface area is 216 Å². The van der Waals surface area contributed by atoms with Gasteiger partial charge in [-0.2, -0.15) is 0 Å². The number of carbonyl (C=O) groups is 2. The van der Waals surface area contributed by atoms with E-state index in [-0.39, 0.29) is 17.4 Å². The van der Waals surface area contributed by atoms with Crippen LogP contribution in [0, 0.1) is 5.82 Å². The monoisotopic (exact) mass is 515 g/mol. The molecular weight excluding hydrogens is 489 g/mol. The van der Waals surface area contributed by atoms with E-state index in [2.05, 4.69) is 15.3 Å². The summed E-state index contributed by atoms with van der Waals surface area (Å²) in [6.45, 7) is 0. The Morgan fingerprint density at radius 2 is 1.71 bits per heavy atom. The van der Waals surface area contributed by atoms with E-state index in [4.69, 9.17) is 0 Å². The van der Waals surface area contributed by atoms with Gasteiger partial charge in [0.15, 0.2) is 0 Å². The van der Waals surface area contributed by atoms with Gasteiger partial charge in [-0.25, -0.2) is 9.18 Å². The van der Waals surface area contributed by atoms with Gasteiger partial charge in [-0.15, -0.1) is 0 Å². The lowest BCUT2D eigenvalue weighted by molar-refractivity contribution is -0.123. The Kier molecular flexibility index (Phi) is 7.12. The van der Waals surface area contributed by atoms with E-state index in [0.29, 0.717) is 16.5 Å². The molecule has 1 fully saturated rings. The molecule has 2 aromatic carbocycles. The zero-order chi connectivity index (χ0) is 26.6. The fourth-order valence-electron chi connectivity index (χ4n) is 4.88. The van der Waals surface area contributed by atoms with Crippen molar-refractivity contribution in [3.8, 4) is 0 Å². The van der Waals surface area contributed by atoms with Crippen LogP contribution in [0.25, 0.3) is 10.9 Å². The minimum atomic E-state index is -1.24. The minimum Gasteiger partial charge on any atom is -0.351 e. The van der Waals surface area contributed by atoms with Crippen LogP contribution >= 0.6 is 0 Å². The number of nitrogens with zero attached hydrogens (tertiary/aromatic N) is 2. The molecule has 3 N–H and O–H groups in total. The summed E-state index contributed by atoms with van der Waals surface area (Å²) in [5.74, 6) is -1.75. The average Bonchev–Trinajstić information content (AvgIpc) is 2.91. The van der Waals surface area contributed by atoms with Crippen molar-refractivity contribution in [3.05, 3.63) is 105 Å². The molecule has 0 aliphatic heterocycles. The van der Waals surface area contributed by atoms with Crippen molar-refractivity contribution in [1.29, 1.82) is 0 Å². The van der Waals surface area contributed by atoms with Crippen molar-refractivity contribution in [1.82, 2.24) is 20.3 Å². The number of pyridine rings is 1. The molecule has 2 heterocycles. The quantitative estimate of drug-likeness (QED) is 0.362. The molecule has 1 aliphatic carbocycles. The Morgan fingerprint density at radius 1 is 0.974 bits per heavy atom. The fourth-order valence-corrected chi connectivity index (χ4v) is 4.88. The first-order valence-electron chi connectivity index (χ1n) is 12.5. The Balaban J connectivity index is 1.67. The maximum Gasteiger partial charge on any atom is 0.326 e. The van der Waals surface area contributed by atoms with Gasteiger partial charge in [-0.1, -0.05) is 49.6 Å². The van der Waals surface area contributed by atoms with E-state index in [0.717, 1.165) is 38.2 Å². The lowest BCUT2D eigenvalue weighted by Gasteiger charge is -2.33. The summed E-state index contributed by atoms with van der Waals surface area (Å²) < 4.78 is 13.9. The van der Waals surface area contributed by atoms with Gasteiger partial charge in [0.25, 0.3) is 11.5 Å². The molecule has 1 aliphatic rings. The van der Waals surface area contributed by atoms with Gasteiger partial charge >= 0.3 is 5.69 Å². The summed E-state index contributed by atoms with van der Waals surface area (Å²) in [6, 6.07) is 14.0. The Hall–Kier alpha value is -4.60. The molecule has 0 spiro atoms. The highest BCUT2D eigenvalue weighted by Gasteiger charge is 2.35.